The van der Waals surface area contributed by atoms with Gasteiger partial charge in [0.15, 0.2) is 5.82 Å². The molecule has 0 saturated carbocycles. The Balaban J connectivity index is 2.00. The zero-order valence-corrected chi connectivity index (χ0v) is 18.1. The number of rotatable bonds is 6. The zero-order valence-electron chi connectivity index (χ0n) is 18.1. The van der Waals surface area contributed by atoms with Crippen LogP contribution in [-0.2, 0) is 9.53 Å². The van der Waals surface area contributed by atoms with E-state index in [1.54, 1.807) is 36.3 Å². The molecule has 2 heterocycles. The lowest BCUT2D eigenvalue weighted by Crippen LogP contribution is -2.54. The van der Waals surface area contributed by atoms with Crippen molar-refractivity contribution in [3.05, 3.63) is 30.0 Å². The molecule has 1 aliphatic heterocycles. The Morgan fingerprint density at radius 1 is 1.30 bits per heavy atom. The van der Waals surface area contributed by atoms with E-state index in [2.05, 4.69) is 10.3 Å². The molecule has 1 atom stereocenters. The molecule has 9 heteroatoms. The SMILES string of the molecule is CC[C@@H]1C(=O)N(C)c2cnc(Nc3ccc(C(=O)OC)cc3OC)nc2N1C(C)C. The molecular formula is C21H27N5O4. The number of hydrogen-bond donors (Lipinski definition) is 1. The molecule has 1 aromatic heterocycles. The summed E-state index contributed by atoms with van der Waals surface area (Å²) in [7, 11) is 4.59. The fourth-order valence-corrected chi connectivity index (χ4v) is 3.60. The predicted molar refractivity (Wildman–Crippen MR) is 115 cm³/mol. The fourth-order valence-electron chi connectivity index (χ4n) is 3.60. The average Bonchev–Trinajstić information content (AvgIpc) is 2.75. The summed E-state index contributed by atoms with van der Waals surface area (Å²) >= 11 is 0. The van der Waals surface area contributed by atoms with Crippen molar-refractivity contribution >= 4 is 35.0 Å². The lowest BCUT2D eigenvalue weighted by atomic mass is 10.1. The number of likely N-dealkylation sites (N-methyl/N-ethyl adjacent to an activating group) is 1. The number of methoxy groups -OCH3 is 2. The van der Waals surface area contributed by atoms with Crippen molar-refractivity contribution in [3.8, 4) is 5.75 Å². The van der Waals surface area contributed by atoms with Crippen molar-refractivity contribution in [3.63, 3.8) is 0 Å². The van der Waals surface area contributed by atoms with Crippen molar-refractivity contribution in [1.29, 1.82) is 0 Å². The van der Waals surface area contributed by atoms with E-state index in [1.807, 2.05) is 25.7 Å². The second-order valence-electron chi connectivity index (χ2n) is 7.26. The van der Waals surface area contributed by atoms with Crippen LogP contribution in [-0.4, -0.2) is 55.2 Å². The minimum Gasteiger partial charge on any atom is -0.495 e. The summed E-state index contributed by atoms with van der Waals surface area (Å²) in [6.07, 6.45) is 2.31. The molecule has 1 aromatic carbocycles. The lowest BCUT2D eigenvalue weighted by Gasteiger charge is -2.42. The smallest absolute Gasteiger partial charge is 0.337 e. The van der Waals surface area contributed by atoms with Crippen molar-refractivity contribution < 1.29 is 19.1 Å². The molecule has 0 bridgehead atoms. The van der Waals surface area contributed by atoms with Crippen LogP contribution in [0.4, 0.5) is 23.1 Å². The van der Waals surface area contributed by atoms with Gasteiger partial charge in [0.05, 0.1) is 31.7 Å². The summed E-state index contributed by atoms with van der Waals surface area (Å²) in [6, 6.07) is 4.74. The van der Waals surface area contributed by atoms with Gasteiger partial charge in [-0.1, -0.05) is 6.92 Å². The molecule has 3 rings (SSSR count). The number of fused-ring (bicyclic) bond motifs is 1. The number of carbonyl (C=O) groups is 2. The highest BCUT2D eigenvalue weighted by atomic mass is 16.5. The first-order valence-corrected chi connectivity index (χ1v) is 9.78. The highest BCUT2D eigenvalue weighted by molar-refractivity contribution is 6.04. The fraction of sp³-hybridized carbons (Fsp3) is 0.429. The molecule has 0 spiro atoms. The maximum absolute atomic E-state index is 12.8. The number of ether oxygens (including phenoxy) is 2. The maximum Gasteiger partial charge on any atom is 0.337 e. The van der Waals surface area contributed by atoms with Gasteiger partial charge in [-0.3, -0.25) is 4.79 Å². The second kappa shape index (κ2) is 8.56. The number of esters is 1. The van der Waals surface area contributed by atoms with Gasteiger partial charge < -0.3 is 24.6 Å². The van der Waals surface area contributed by atoms with Crippen LogP contribution in [0, 0.1) is 0 Å². The summed E-state index contributed by atoms with van der Waals surface area (Å²) in [6.45, 7) is 6.06. The molecule has 0 aliphatic carbocycles. The molecule has 1 amide bonds. The van der Waals surface area contributed by atoms with Crippen molar-refractivity contribution in [2.24, 2.45) is 0 Å². The van der Waals surface area contributed by atoms with Crippen LogP contribution < -0.4 is 19.9 Å². The van der Waals surface area contributed by atoms with Crippen LogP contribution in [0.1, 0.15) is 37.6 Å². The number of hydrogen-bond acceptors (Lipinski definition) is 8. The zero-order chi connectivity index (χ0) is 22.0. The molecule has 0 saturated heterocycles. The third kappa shape index (κ3) is 3.74. The van der Waals surface area contributed by atoms with Crippen molar-refractivity contribution in [1.82, 2.24) is 9.97 Å². The molecule has 9 nitrogen and oxygen atoms in total. The van der Waals surface area contributed by atoms with E-state index in [0.29, 0.717) is 40.9 Å². The quantitative estimate of drug-likeness (QED) is 0.722. The maximum atomic E-state index is 12.8. The number of benzene rings is 1. The summed E-state index contributed by atoms with van der Waals surface area (Å²) in [4.78, 5) is 37.3. The third-order valence-corrected chi connectivity index (χ3v) is 5.12. The first kappa shape index (κ1) is 21.4. The molecular weight excluding hydrogens is 386 g/mol. The number of anilines is 4. The number of amides is 1. The summed E-state index contributed by atoms with van der Waals surface area (Å²) in [5.41, 5.74) is 1.65. The Labute approximate surface area is 176 Å². The molecule has 2 aromatic rings. The van der Waals surface area contributed by atoms with Crippen LogP contribution in [0.15, 0.2) is 24.4 Å². The standard InChI is InChI=1S/C21H27N5O4/c1-7-15-19(27)25(4)16-11-22-21(24-18(16)26(15)12(2)3)23-14-9-8-13(20(28)30-6)10-17(14)29-5/h8-12,15H,7H2,1-6H3,(H,22,23,24)/t15-/m1/s1. The Morgan fingerprint density at radius 3 is 2.63 bits per heavy atom. The van der Waals surface area contributed by atoms with Crippen LogP contribution in [0.3, 0.4) is 0 Å². The Morgan fingerprint density at radius 2 is 2.03 bits per heavy atom. The van der Waals surface area contributed by atoms with E-state index >= 15 is 0 Å². The Hall–Kier alpha value is -3.36. The van der Waals surface area contributed by atoms with Crippen molar-refractivity contribution in [2.45, 2.75) is 39.3 Å². The first-order chi connectivity index (χ1) is 14.3. The highest BCUT2D eigenvalue weighted by Gasteiger charge is 2.38. The van der Waals surface area contributed by atoms with E-state index in [1.165, 1.54) is 14.2 Å². The van der Waals surface area contributed by atoms with Gasteiger partial charge in [-0.25, -0.2) is 9.78 Å². The summed E-state index contributed by atoms with van der Waals surface area (Å²) in [5, 5.41) is 3.15. The van der Waals surface area contributed by atoms with Crippen LogP contribution >= 0.6 is 0 Å². The largest absolute Gasteiger partial charge is 0.495 e. The molecule has 1 N–H and O–H groups in total. The van der Waals surface area contributed by atoms with E-state index in [-0.39, 0.29) is 18.0 Å². The lowest BCUT2D eigenvalue weighted by molar-refractivity contribution is -0.120. The van der Waals surface area contributed by atoms with Gasteiger partial charge in [0.1, 0.15) is 17.5 Å². The second-order valence-corrected chi connectivity index (χ2v) is 7.26. The highest BCUT2D eigenvalue weighted by Crippen LogP contribution is 2.37. The monoisotopic (exact) mass is 413 g/mol. The number of carbonyl (C=O) groups excluding carboxylic acids is 2. The van der Waals surface area contributed by atoms with Gasteiger partial charge in [0.25, 0.3) is 0 Å². The number of aromatic nitrogens is 2. The Kier molecular flexibility index (Phi) is 6.09. The van der Waals surface area contributed by atoms with Crippen LogP contribution in [0.25, 0.3) is 0 Å². The van der Waals surface area contributed by atoms with Gasteiger partial charge in [0.2, 0.25) is 11.9 Å². The van der Waals surface area contributed by atoms with Crippen LogP contribution in [0.2, 0.25) is 0 Å². The topological polar surface area (TPSA) is 96.9 Å². The van der Waals surface area contributed by atoms with Gasteiger partial charge in [0, 0.05) is 13.1 Å². The molecule has 0 unspecified atom stereocenters. The van der Waals surface area contributed by atoms with Crippen LogP contribution in [0.5, 0.6) is 5.75 Å². The molecule has 160 valence electrons. The van der Waals surface area contributed by atoms with Gasteiger partial charge in [-0.2, -0.15) is 4.98 Å². The van der Waals surface area contributed by atoms with E-state index in [0.717, 1.165) is 0 Å². The Bertz CT molecular complexity index is 962. The predicted octanol–water partition coefficient (Wildman–Crippen LogP) is 2.99. The van der Waals surface area contributed by atoms with Gasteiger partial charge in [-0.05, 0) is 38.5 Å². The molecule has 0 radical (unpaired) electrons. The van der Waals surface area contributed by atoms with E-state index in [9.17, 15) is 9.59 Å². The number of nitrogens with one attached hydrogen (secondary N) is 1. The van der Waals surface area contributed by atoms with E-state index < -0.39 is 5.97 Å². The summed E-state index contributed by atoms with van der Waals surface area (Å²) in [5.74, 6) is 1.10. The molecule has 1 aliphatic rings. The van der Waals surface area contributed by atoms with Gasteiger partial charge >= 0.3 is 5.97 Å². The minimum absolute atomic E-state index is 0.0306. The normalized spacial score (nSPS) is 15.8. The summed E-state index contributed by atoms with van der Waals surface area (Å²) < 4.78 is 10.2. The van der Waals surface area contributed by atoms with Gasteiger partial charge in [-0.15, -0.1) is 0 Å². The molecule has 0 fully saturated rings. The average molecular weight is 413 g/mol. The molecule has 30 heavy (non-hydrogen) atoms. The van der Waals surface area contributed by atoms with E-state index in [4.69, 9.17) is 14.5 Å². The first-order valence-electron chi connectivity index (χ1n) is 9.78. The third-order valence-electron chi connectivity index (χ3n) is 5.12. The number of nitrogens with zero attached hydrogens (tertiary/aromatic N) is 4. The minimum atomic E-state index is -0.448. The van der Waals surface area contributed by atoms with Crippen molar-refractivity contribution in [2.75, 3.05) is 36.4 Å².